The van der Waals surface area contributed by atoms with Crippen LogP contribution in [0.25, 0.3) is 0 Å². The first kappa shape index (κ1) is 24.4. The van der Waals surface area contributed by atoms with Crippen molar-refractivity contribution in [1.82, 2.24) is 5.32 Å². The summed E-state index contributed by atoms with van der Waals surface area (Å²) >= 11 is 3.90. The Balaban J connectivity index is 1.49. The zero-order chi connectivity index (χ0) is 24.1. The number of amides is 1. The molecule has 3 N–H and O–H groups in total. The first-order valence-corrected chi connectivity index (χ1v) is 12.7. The molecule has 0 spiro atoms. The van der Waals surface area contributed by atoms with Crippen LogP contribution in [0.15, 0.2) is 42.5 Å². The van der Waals surface area contributed by atoms with Crippen molar-refractivity contribution in [1.29, 1.82) is 0 Å². The third-order valence-electron chi connectivity index (χ3n) is 6.68. The van der Waals surface area contributed by atoms with Gasteiger partial charge in [-0.15, -0.1) is 0 Å². The Morgan fingerprint density at radius 2 is 1.88 bits per heavy atom. The van der Waals surface area contributed by atoms with Crippen molar-refractivity contribution >= 4 is 33.5 Å². The zero-order valence-corrected chi connectivity index (χ0v) is 20.8. The van der Waals surface area contributed by atoms with E-state index < -0.39 is 5.97 Å². The monoisotopic (exact) mass is 530 g/mol. The second-order valence-corrected chi connectivity index (χ2v) is 9.92. The van der Waals surface area contributed by atoms with E-state index in [-0.39, 0.29) is 35.8 Å². The number of alkyl halides is 1. The lowest BCUT2D eigenvalue weighted by Crippen LogP contribution is -2.44. The van der Waals surface area contributed by atoms with Crippen LogP contribution in [-0.4, -0.2) is 42.8 Å². The first-order chi connectivity index (χ1) is 16.5. The lowest BCUT2D eigenvalue weighted by molar-refractivity contribution is -0.136. The molecule has 0 bridgehead atoms. The van der Waals surface area contributed by atoms with Crippen LogP contribution in [0.4, 0.5) is 5.69 Å². The van der Waals surface area contributed by atoms with E-state index in [1.54, 1.807) is 19.2 Å². The minimum absolute atomic E-state index is 0.0383. The molecule has 2 aliphatic rings. The molecule has 1 fully saturated rings. The van der Waals surface area contributed by atoms with Crippen LogP contribution in [0.2, 0.25) is 0 Å². The highest BCUT2D eigenvalue weighted by molar-refractivity contribution is 9.09. The number of ether oxygens (including phenoxy) is 2. The maximum Gasteiger partial charge on any atom is 0.305 e. The second-order valence-electron chi connectivity index (χ2n) is 8.93. The van der Waals surface area contributed by atoms with E-state index in [4.69, 9.17) is 14.6 Å². The van der Waals surface area contributed by atoms with Crippen LogP contribution in [0.3, 0.4) is 0 Å². The number of anilines is 1. The van der Waals surface area contributed by atoms with Gasteiger partial charge >= 0.3 is 5.97 Å². The van der Waals surface area contributed by atoms with E-state index in [9.17, 15) is 9.59 Å². The van der Waals surface area contributed by atoms with Crippen molar-refractivity contribution in [2.45, 2.75) is 55.5 Å². The Bertz CT molecular complexity index is 1010. The third-order valence-corrected chi connectivity index (χ3v) is 7.70. The molecule has 0 aromatic heterocycles. The Labute approximate surface area is 208 Å². The number of carboxylic acid groups (broad SMARTS) is 1. The summed E-state index contributed by atoms with van der Waals surface area (Å²) in [7, 11) is 1.67. The quantitative estimate of drug-likeness (QED) is 0.387. The average Bonchev–Trinajstić information content (AvgIpc) is 3.18. The summed E-state index contributed by atoms with van der Waals surface area (Å²) in [5.41, 5.74) is 2.52. The van der Waals surface area contributed by atoms with E-state index in [2.05, 4.69) is 26.6 Å². The van der Waals surface area contributed by atoms with Crippen molar-refractivity contribution in [3.63, 3.8) is 0 Å². The lowest BCUT2D eigenvalue weighted by atomic mass is 9.80. The maximum absolute atomic E-state index is 12.3. The minimum Gasteiger partial charge on any atom is -0.497 e. The third kappa shape index (κ3) is 5.66. The number of fused-ring (bicyclic) bond motifs is 1. The van der Waals surface area contributed by atoms with Gasteiger partial charge in [-0.1, -0.05) is 35.2 Å². The number of aliphatic carboxylic acids is 1. The molecule has 7 nitrogen and oxygen atoms in total. The molecule has 3 unspecified atom stereocenters. The van der Waals surface area contributed by atoms with Gasteiger partial charge in [-0.3, -0.25) is 9.59 Å². The second kappa shape index (κ2) is 11.1. The van der Waals surface area contributed by atoms with Crippen LogP contribution < -0.4 is 20.1 Å². The van der Waals surface area contributed by atoms with Gasteiger partial charge in [-0.25, -0.2) is 0 Å². The van der Waals surface area contributed by atoms with E-state index in [1.165, 1.54) is 19.3 Å². The summed E-state index contributed by atoms with van der Waals surface area (Å²) in [6, 6.07) is 13.3. The van der Waals surface area contributed by atoms with Gasteiger partial charge < -0.3 is 25.2 Å². The highest BCUT2D eigenvalue weighted by Gasteiger charge is 2.42. The molecular weight excluding hydrogens is 500 g/mol. The number of carbonyl (C=O) groups excluding carboxylic acids is 1. The standard InChI is InChI=1S/C26H31BrN2O5/c1-33-19-11-12-21-20(15-19)23(27)25(34-21)24(16-5-3-2-4-6-16)29-18-9-7-17(8-10-18)26(32)28-14-13-22(30)31/h7-12,15-16,23-25,29H,2-6,13-14H2,1H3,(H,28,32)(H,30,31). The molecule has 2 aromatic rings. The summed E-state index contributed by atoms with van der Waals surface area (Å²) in [5.74, 6) is 0.957. The van der Waals surface area contributed by atoms with Gasteiger partial charge in [0.05, 0.1) is 24.4 Å². The van der Waals surface area contributed by atoms with Gasteiger partial charge in [0, 0.05) is 23.4 Å². The number of benzene rings is 2. The number of methoxy groups -OCH3 is 1. The summed E-state index contributed by atoms with van der Waals surface area (Å²) in [5, 5.41) is 15.1. The largest absolute Gasteiger partial charge is 0.497 e. The highest BCUT2D eigenvalue weighted by atomic mass is 79.9. The molecule has 3 atom stereocenters. The van der Waals surface area contributed by atoms with E-state index >= 15 is 0 Å². The molecule has 0 saturated heterocycles. The molecule has 1 aliphatic heterocycles. The fourth-order valence-electron chi connectivity index (χ4n) is 4.87. The molecule has 4 rings (SSSR count). The molecule has 1 heterocycles. The summed E-state index contributed by atoms with van der Waals surface area (Å²) in [6.07, 6.45) is 5.84. The van der Waals surface area contributed by atoms with Crippen molar-refractivity contribution in [2.75, 3.05) is 19.0 Å². The molecule has 0 radical (unpaired) electrons. The van der Waals surface area contributed by atoms with Crippen molar-refractivity contribution in [2.24, 2.45) is 5.92 Å². The molecular formula is C26H31BrN2O5. The lowest BCUT2D eigenvalue weighted by Gasteiger charge is -2.36. The molecule has 34 heavy (non-hydrogen) atoms. The molecule has 1 saturated carbocycles. The van der Waals surface area contributed by atoms with Crippen molar-refractivity contribution < 1.29 is 24.2 Å². The number of hydrogen-bond donors (Lipinski definition) is 3. The summed E-state index contributed by atoms with van der Waals surface area (Å²) < 4.78 is 11.9. The van der Waals surface area contributed by atoms with Gasteiger partial charge in [0.2, 0.25) is 0 Å². The molecule has 1 amide bonds. The maximum atomic E-state index is 12.3. The predicted molar refractivity (Wildman–Crippen MR) is 134 cm³/mol. The van der Waals surface area contributed by atoms with E-state index in [1.807, 2.05) is 30.3 Å². The Kier molecular flexibility index (Phi) is 7.98. The van der Waals surface area contributed by atoms with Crippen LogP contribution in [0.5, 0.6) is 11.5 Å². The molecule has 1 aliphatic carbocycles. The Morgan fingerprint density at radius 1 is 1.15 bits per heavy atom. The van der Waals surface area contributed by atoms with Crippen LogP contribution in [0, 0.1) is 5.92 Å². The number of carbonyl (C=O) groups is 2. The molecule has 2 aromatic carbocycles. The summed E-state index contributed by atoms with van der Waals surface area (Å²) in [6.45, 7) is 0.106. The minimum atomic E-state index is -0.937. The van der Waals surface area contributed by atoms with Gasteiger partial charge in [0.15, 0.2) is 0 Å². The van der Waals surface area contributed by atoms with E-state index in [0.717, 1.165) is 35.6 Å². The number of halogens is 1. The first-order valence-electron chi connectivity index (χ1n) is 11.8. The van der Waals surface area contributed by atoms with Crippen LogP contribution >= 0.6 is 15.9 Å². The van der Waals surface area contributed by atoms with Crippen molar-refractivity contribution in [3.05, 3.63) is 53.6 Å². The number of nitrogens with one attached hydrogen (secondary N) is 2. The average molecular weight is 531 g/mol. The van der Waals surface area contributed by atoms with Gasteiger partial charge in [0.25, 0.3) is 5.91 Å². The molecule has 182 valence electrons. The Morgan fingerprint density at radius 3 is 2.56 bits per heavy atom. The SMILES string of the molecule is COc1ccc2c(c1)C(Br)C(C(Nc1ccc(C(=O)NCCC(=O)O)cc1)C1CCCCC1)O2. The fraction of sp³-hybridized carbons (Fsp3) is 0.462. The predicted octanol–water partition coefficient (Wildman–Crippen LogP) is 5.16. The van der Waals surface area contributed by atoms with E-state index in [0.29, 0.717) is 11.5 Å². The smallest absolute Gasteiger partial charge is 0.305 e. The van der Waals surface area contributed by atoms with Crippen LogP contribution in [0.1, 0.15) is 59.3 Å². The van der Waals surface area contributed by atoms with Crippen molar-refractivity contribution in [3.8, 4) is 11.5 Å². The normalized spacial score (nSPS) is 20.6. The highest BCUT2D eigenvalue weighted by Crippen LogP contribution is 2.47. The Hall–Kier alpha value is -2.74. The van der Waals surface area contributed by atoms with Gasteiger partial charge in [0.1, 0.15) is 17.6 Å². The topological polar surface area (TPSA) is 96.9 Å². The molecule has 8 heteroatoms. The number of hydrogen-bond acceptors (Lipinski definition) is 5. The van der Waals surface area contributed by atoms with Crippen LogP contribution in [-0.2, 0) is 4.79 Å². The van der Waals surface area contributed by atoms with Gasteiger partial charge in [-0.2, -0.15) is 0 Å². The number of carboxylic acids is 1. The zero-order valence-electron chi connectivity index (χ0n) is 19.3. The summed E-state index contributed by atoms with van der Waals surface area (Å²) in [4.78, 5) is 23.0. The van der Waals surface area contributed by atoms with Gasteiger partial charge in [-0.05, 0) is 61.2 Å². The number of rotatable bonds is 9. The fourth-order valence-corrected chi connectivity index (χ4v) is 5.67.